The van der Waals surface area contributed by atoms with E-state index in [1.54, 1.807) is 6.26 Å². The molecule has 1 unspecified atom stereocenters. The highest BCUT2D eigenvalue weighted by Gasteiger charge is 2.31. The fourth-order valence-corrected chi connectivity index (χ4v) is 3.36. The molecule has 1 aliphatic rings. The largest absolute Gasteiger partial charge is 0.463 e. The van der Waals surface area contributed by atoms with Crippen molar-refractivity contribution in [2.45, 2.75) is 19.0 Å². The number of quaternary nitrogens is 1. The smallest absolute Gasteiger partial charge is 0.309 e. The van der Waals surface area contributed by atoms with Crippen LogP contribution in [0.2, 0.25) is 0 Å². The highest BCUT2D eigenvalue weighted by Crippen LogP contribution is 2.15. The predicted octanol–water partition coefficient (Wildman–Crippen LogP) is 0.380. The Morgan fingerprint density at radius 1 is 1.15 bits per heavy atom. The molecule has 0 bridgehead atoms. The van der Waals surface area contributed by atoms with Gasteiger partial charge in [-0.2, -0.15) is 0 Å². The van der Waals surface area contributed by atoms with Crippen LogP contribution in [0.1, 0.15) is 22.9 Å². The Balaban J connectivity index is 1.68. The minimum atomic E-state index is -0.651. The lowest BCUT2D eigenvalue weighted by atomic mass is 9.98. The molecule has 1 aliphatic heterocycles. The van der Waals surface area contributed by atoms with Crippen molar-refractivity contribution in [3.05, 3.63) is 72.2 Å². The first-order valence-electron chi connectivity index (χ1n) is 8.80. The summed E-state index contributed by atoms with van der Waals surface area (Å²) < 4.78 is 5.61. The van der Waals surface area contributed by atoms with Crippen molar-refractivity contribution in [2.75, 3.05) is 19.6 Å². The molecule has 6 heteroatoms. The Bertz CT molecular complexity index is 770. The van der Waals surface area contributed by atoms with Crippen molar-refractivity contribution in [1.82, 2.24) is 10.6 Å². The molecule has 3 N–H and O–H groups in total. The van der Waals surface area contributed by atoms with E-state index < -0.39 is 11.8 Å². The van der Waals surface area contributed by atoms with E-state index in [2.05, 4.69) is 41.5 Å². The van der Waals surface area contributed by atoms with Crippen LogP contribution in [0.25, 0.3) is 0 Å². The first kappa shape index (κ1) is 17.9. The zero-order valence-corrected chi connectivity index (χ0v) is 14.7. The lowest BCUT2D eigenvalue weighted by molar-refractivity contribution is -0.946. The Morgan fingerprint density at radius 3 is 2.65 bits per heavy atom. The number of amides is 2. The van der Waals surface area contributed by atoms with E-state index in [1.165, 1.54) is 22.1 Å². The van der Waals surface area contributed by atoms with Gasteiger partial charge in [-0.05, 0) is 17.7 Å². The number of rotatable bonds is 6. The first-order chi connectivity index (χ1) is 12.7. The van der Waals surface area contributed by atoms with Gasteiger partial charge in [0.15, 0.2) is 11.8 Å². The van der Waals surface area contributed by atoms with Gasteiger partial charge in [-0.1, -0.05) is 30.3 Å². The maximum atomic E-state index is 12.0. The highest BCUT2D eigenvalue weighted by molar-refractivity contribution is 6.35. The van der Waals surface area contributed by atoms with Crippen molar-refractivity contribution in [1.29, 1.82) is 0 Å². The number of hydrogen-bond acceptors (Lipinski definition) is 3. The molecule has 1 aromatic heterocycles. The summed E-state index contributed by atoms with van der Waals surface area (Å²) >= 11 is 0. The normalized spacial score (nSPS) is 17.0. The van der Waals surface area contributed by atoms with Gasteiger partial charge >= 0.3 is 11.8 Å². The lowest BCUT2D eigenvalue weighted by Crippen LogP contribution is -3.12. The number of fused-ring (bicyclic) bond motifs is 1. The fraction of sp³-hybridized carbons (Fsp3) is 0.300. The maximum absolute atomic E-state index is 12.0. The average molecular weight is 354 g/mol. The van der Waals surface area contributed by atoms with E-state index in [0.29, 0.717) is 6.54 Å². The van der Waals surface area contributed by atoms with Crippen LogP contribution in [-0.4, -0.2) is 31.4 Å². The molecule has 2 atom stereocenters. The van der Waals surface area contributed by atoms with Crippen LogP contribution in [-0.2, 0) is 22.6 Å². The Kier molecular flexibility index (Phi) is 5.86. The van der Waals surface area contributed by atoms with Crippen LogP contribution in [0.5, 0.6) is 0 Å². The number of benzene rings is 1. The van der Waals surface area contributed by atoms with Gasteiger partial charge < -0.3 is 20.0 Å². The summed E-state index contributed by atoms with van der Waals surface area (Å²) in [5, 5.41) is 5.22. The second-order valence-corrected chi connectivity index (χ2v) is 6.38. The SMILES string of the molecule is C=CCNC(=O)C(=O)NC[C@@H](c1ccco1)[NH+]1CCc2ccccc2C1. The van der Waals surface area contributed by atoms with Crippen molar-refractivity contribution in [3.63, 3.8) is 0 Å². The lowest BCUT2D eigenvalue weighted by Gasteiger charge is -2.31. The van der Waals surface area contributed by atoms with Crippen LogP contribution in [0.15, 0.2) is 59.7 Å². The maximum Gasteiger partial charge on any atom is 0.309 e. The number of carbonyl (C=O) groups excluding carboxylic acids is 2. The summed E-state index contributed by atoms with van der Waals surface area (Å²) in [6.07, 6.45) is 4.15. The fourth-order valence-electron chi connectivity index (χ4n) is 3.36. The molecule has 0 aliphatic carbocycles. The molecule has 0 fully saturated rings. The summed E-state index contributed by atoms with van der Waals surface area (Å²) in [5.74, 6) is -0.478. The van der Waals surface area contributed by atoms with Crippen LogP contribution < -0.4 is 15.5 Å². The molecule has 0 spiro atoms. The van der Waals surface area contributed by atoms with Crippen LogP contribution in [0.4, 0.5) is 0 Å². The van der Waals surface area contributed by atoms with Crippen LogP contribution in [0.3, 0.4) is 0 Å². The van der Waals surface area contributed by atoms with E-state index in [4.69, 9.17) is 4.42 Å². The monoisotopic (exact) mass is 354 g/mol. The number of hydrogen-bond donors (Lipinski definition) is 3. The van der Waals surface area contributed by atoms with Crippen LogP contribution >= 0.6 is 0 Å². The van der Waals surface area contributed by atoms with Gasteiger partial charge in [-0.3, -0.25) is 9.59 Å². The van der Waals surface area contributed by atoms with E-state index in [1.807, 2.05) is 12.1 Å². The number of carbonyl (C=O) groups is 2. The van der Waals surface area contributed by atoms with Gasteiger partial charge in [-0.15, -0.1) is 6.58 Å². The molecule has 0 saturated heterocycles. The highest BCUT2D eigenvalue weighted by atomic mass is 16.3. The standard InChI is InChI=1S/C20H23N3O3/c1-2-10-21-19(24)20(25)22-13-17(18-8-5-12-26-18)23-11-9-15-6-3-4-7-16(15)14-23/h2-8,12,17H,1,9-11,13-14H2,(H,21,24)(H,22,25)/p+1/t17-/m0/s1. The minimum absolute atomic E-state index is 0.0467. The zero-order valence-electron chi connectivity index (χ0n) is 14.7. The summed E-state index contributed by atoms with van der Waals surface area (Å²) in [5.41, 5.74) is 2.70. The average Bonchev–Trinajstić information content (AvgIpc) is 3.20. The van der Waals surface area contributed by atoms with Gasteiger partial charge in [0, 0.05) is 18.5 Å². The molecule has 0 saturated carbocycles. The van der Waals surface area contributed by atoms with Crippen molar-refractivity contribution < 1.29 is 18.9 Å². The molecule has 3 rings (SSSR count). The van der Waals surface area contributed by atoms with Crippen LogP contribution in [0, 0.1) is 0 Å². The molecule has 1 aromatic carbocycles. The third kappa shape index (κ3) is 4.21. The third-order valence-corrected chi connectivity index (χ3v) is 4.71. The Morgan fingerprint density at radius 2 is 1.92 bits per heavy atom. The van der Waals surface area contributed by atoms with E-state index in [9.17, 15) is 9.59 Å². The van der Waals surface area contributed by atoms with Gasteiger partial charge in [0.25, 0.3) is 0 Å². The molecule has 26 heavy (non-hydrogen) atoms. The van der Waals surface area contributed by atoms with Crippen molar-refractivity contribution in [2.24, 2.45) is 0 Å². The number of nitrogens with one attached hydrogen (secondary N) is 3. The van der Waals surface area contributed by atoms with Gasteiger partial charge in [0.05, 0.1) is 19.4 Å². The first-order valence-corrected chi connectivity index (χ1v) is 8.80. The molecule has 0 radical (unpaired) electrons. The number of furan rings is 1. The molecule has 2 amide bonds. The van der Waals surface area contributed by atoms with E-state index in [-0.39, 0.29) is 12.6 Å². The van der Waals surface area contributed by atoms with Gasteiger partial charge in [-0.25, -0.2) is 0 Å². The second kappa shape index (κ2) is 8.49. The van der Waals surface area contributed by atoms with Gasteiger partial charge in [0.1, 0.15) is 6.54 Å². The van der Waals surface area contributed by atoms with Gasteiger partial charge in [0.2, 0.25) is 0 Å². The van der Waals surface area contributed by atoms with E-state index in [0.717, 1.165) is 25.3 Å². The third-order valence-electron chi connectivity index (χ3n) is 4.71. The molecular weight excluding hydrogens is 330 g/mol. The Labute approximate surface area is 152 Å². The molecule has 6 nitrogen and oxygen atoms in total. The second-order valence-electron chi connectivity index (χ2n) is 6.38. The van der Waals surface area contributed by atoms with Crippen molar-refractivity contribution >= 4 is 11.8 Å². The predicted molar refractivity (Wildman–Crippen MR) is 97.3 cm³/mol. The molecule has 2 heterocycles. The zero-order chi connectivity index (χ0) is 18.4. The summed E-state index contributed by atoms with van der Waals surface area (Å²) in [6.45, 7) is 5.93. The topological polar surface area (TPSA) is 75.8 Å². The summed E-state index contributed by atoms with van der Waals surface area (Å²) in [4.78, 5) is 25.1. The quantitative estimate of drug-likeness (QED) is 0.519. The van der Waals surface area contributed by atoms with Crippen molar-refractivity contribution in [3.8, 4) is 0 Å². The van der Waals surface area contributed by atoms with E-state index >= 15 is 0 Å². The minimum Gasteiger partial charge on any atom is -0.463 e. The molecule has 2 aromatic rings. The molecular formula is C20H24N3O3+. The Hall–Kier alpha value is -2.86. The summed E-state index contributed by atoms with van der Waals surface area (Å²) in [6, 6.07) is 12.1. The summed E-state index contributed by atoms with van der Waals surface area (Å²) in [7, 11) is 0. The molecule has 136 valence electrons.